The van der Waals surface area contributed by atoms with E-state index < -0.39 is 0 Å². The van der Waals surface area contributed by atoms with E-state index in [1.807, 2.05) is 0 Å². The summed E-state index contributed by atoms with van der Waals surface area (Å²) < 4.78 is 0. The Kier molecular flexibility index (Phi) is 6.49. The quantitative estimate of drug-likeness (QED) is 0.427. The van der Waals surface area contributed by atoms with Crippen molar-refractivity contribution in [2.24, 2.45) is 5.10 Å². The smallest absolute Gasteiger partial charge is 0.271 e. The van der Waals surface area contributed by atoms with Crippen LogP contribution in [0.3, 0.4) is 0 Å². The molecule has 2 aromatic rings. The maximum Gasteiger partial charge on any atom is 0.271 e. The Balaban J connectivity index is 1.85. The predicted molar refractivity (Wildman–Crippen MR) is 127 cm³/mol. The number of amides is 1. The number of fused-ring (bicyclic) bond motifs is 1. The highest BCUT2D eigenvalue weighted by atomic mass is 35.5. The first-order valence-electron chi connectivity index (χ1n) is 10.2. The number of nitrogens with one attached hydrogen (secondary N) is 1. The van der Waals surface area contributed by atoms with Crippen LogP contribution in [-0.2, 0) is 0 Å². The summed E-state index contributed by atoms with van der Waals surface area (Å²) in [5, 5.41) is 4.92. The van der Waals surface area contributed by atoms with Gasteiger partial charge in [0.05, 0.1) is 16.3 Å². The maximum atomic E-state index is 12.3. The summed E-state index contributed by atoms with van der Waals surface area (Å²) in [6, 6.07) is 9.61. The first-order chi connectivity index (χ1) is 14.0. The molecule has 0 fully saturated rings. The van der Waals surface area contributed by atoms with Crippen molar-refractivity contribution in [3.8, 4) is 0 Å². The van der Waals surface area contributed by atoms with Crippen molar-refractivity contribution < 1.29 is 4.79 Å². The van der Waals surface area contributed by atoms with Gasteiger partial charge in [-0.1, -0.05) is 30.1 Å². The molecule has 1 amide bonds. The number of benzene rings is 2. The molecule has 0 radical (unpaired) electrons. The largest absolute Gasteiger partial charge is 0.364 e. The molecule has 0 aliphatic carbocycles. The molecular formula is C24H29Cl2N3O. The molecular weight excluding hydrogens is 417 g/mol. The molecule has 1 heterocycles. The standard InChI is InChI=1S/C24H29Cl2N3O/c1-14(2)29-22-9-15(3)18(10-19(22)16(4)12-24(29,5)6)13-27-28-23(30)17-7-8-20(25)21(26)11-17/h7-11,13-14,16H,12H2,1-6H3,(H,28,30)/b27-13+. The molecule has 0 bridgehead atoms. The molecule has 0 aromatic heterocycles. The van der Waals surface area contributed by atoms with Gasteiger partial charge >= 0.3 is 0 Å². The minimum atomic E-state index is -0.332. The van der Waals surface area contributed by atoms with Gasteiger partial charge < -0.3 is 4.90 Å². The van der Waals surface area contributed by atoms with Crippen LogP contribution in [-0.4, -0.2) is 23.7 Å². The minimum Gasteiger partial charge on any atom is -0.364 e. The number of halogens is 2. The Morgan fingerprint density at radius 1 is 1.23 bits per heavy atom. The number of nitrogens with zero attached hydrogens (tertiary/aromatic N) is 2. The second-order valence-corrected chi connectivity index (χ2v) is 9.79. The van der Waals surface area contributed by atoms with Crippen LogP contribution in [0.2, 0.25) is 10.0 Å². The van der Waals surface area contributed by atoms with Gasteiger partial charge in [-0.2, -0.15) is 5.10 Å². The van der Waals surface area contributed by atoms with Gasteiger partial charge in [-0.05, 0) is 94.0 Å². The van der Waals surface area contributed by atoms with Crippen molar-refractivity contribution in [3.05, 3.63) is 62.6 Å². The van der Waals surface area contributed by atoms with Crippen molar-refractivity contribution in [1.29, 1.82) is 0 Å². The molecule has 160 valence electrons. The first-order valence-corrected chi connectivity index (χ1v) is 11.0. The Morgan fingerprint density at radius 2 is 1.93 bits per heavy atom. The molecule has 6 heteroatoms. The van der Waals surface area contributed by atoms with E-state index in [-0.39, 0.29) is 11.4 Å². The molecule has 1 aliphatic rings. The molecule has 0 spiro atoms. The fraction of sp³-hybridized carbons (Fsp3) is 0.417. The van der Waals surface area contributed by atoms with Crippen molar-refractivity contribution in [2.45, 2.75) is 65.5 Å². The number of anilines is 1. The Morgan fingerprint density at radius 3 is 2.57 bits per heavy atom. The maximum absolute atomic E-state index is 12.3. The second kappa shape index (κ2) is 8.60. The fourth-order valence-electron chi connectivity index (χ4n) is 4.59. The molecule has 2 aromatic carbocycles. The van der Waals surface area contributed by atoms with Crippen LogP contribution in [0.25, 0.3) is 0 Å². The Bertz CT molecular complexity index is 998. The number of hydrogen-bond acceptors (Lipinski definition) is 3. The van der Waals surface area contributed by atoms with E-state index in [1.165, 1.54) is 17.3 Å². The third kappa shape index (κ3) is 4.50. The summed E-state index contributed by atoms with van der Waals surface area (Å²) in [7, 11) is 0. The van der Waals surface area contributed by atoms with Crippen molar-refractivity contribution in [2.75, 3.05) is 4.90 Å². The van der Waals surface area contributed by atoms with Crippen molar-refractivity contribution in [1.82, 2.24) is 5.43 Å². The van der Waals surface area contributed by atoms with E-state index in [4.69, 9.17) is 23.2 Å². The second-order valence-electron chi connectivity index (χ2n) is 8.98. The Hall–Kier alpha value is -2.04. The molecule has 4 nitrogen and oxygen atoms in total. The van der Waals surface area contributed by atoms with Gasteiger partial charge in [-0.25, -0.2) is 5.43 Å². The summed E-state index contributed by atoms with van der Waals surface area (Å²) >= 11 is 11.9. The van der Waals surface area contributed by atoms with Crippen LogP contribution in [0.4, 0.5) is 5.69 Å². The lowest BCUT2D eigenvalue weighted by Crippen LogP contribution is -2.51. The summed E-state index contributed by atoms with van der Waals surface area (Å²) in [5.41, 5.74) is 7.83. The van der Waals surface area contributed by atoms with Gasteiger partial charge in [0.25, 0.3) is 5.91 Å². The zero-order chi connectivity index (χ0) is 22.2. The lowest BCUT2D eigenvalue weighted by atomic mass is 9.78. The zero-order valence-corrected chi connectivity index (χ0v) is 19.9. The molecule has 30 heavy (non-hydrogen) atoms. The van der Waals surface area contributed by atoms with Gasteiger partial charge in [-0.3, -0.25) is 4.79 Å². The number of carbonyl (C=O) groups is 1. The third-order valence-electron chi connectivity index (χ3n) is 5.73. The van der Waals surface area contributed by atoms with Crippen LogP contribution < -0.4 is 10.3 Å². The average Bonchev–Trinajstić information content (AvgIpc) is 2.63. The molecule has 1 N–H and O–H groups in total. The monoisotopic (exact) mass is 445 g/mol. The number of hydrogen-bond donors (Lipinski definition) is 1. The van der Waals surface area contributed by atoms with Crippen LogP contribution in [0, 0.1) is 6.92 Å². The van der Waals surface area contributed by atoms with Crippen molar-refractivity contribution in [3.63, 3.8) is 0 Å². The van der Waals surface area contributed by atoms with Crippen LogP contribution in [0.5, 0.6) is 0 Å². The lowest BCUT2D eigenvalue weighted by Gasteiger charge is -2.50. The first kappa shape index (κ1) is 22.6. The summed E-state index contributed by atoms with van der Waals surface area (Å²) in [6.07, 6.45) is 2.79. The lowest BCUT2D eigenvalue weighted by molar-refractivity contribution is 0.0955. The van der Waals surface area contributed by atoms with E-state index >= 15 is 0 Å². The van der Waals surface area contributed by atoms with Crippen molar-refractivity contribution >= 4 is 41.0 Å². The minimum absolute atomic E-state index is 0.108. The SMILES string of the molecule is Cc1cc2c(cc1/C=N/NC(=O)c1ccc(Cl)c(Cl)c1)C(C)CC(C)(C)N2C(C)C. The molecule has 0 saturated carbocycles. The van der Waals surface area contributed by atoms with E-state index in [1.54, 1.807) is 18.3 Å². The normalized spacial score (nSPS) is 18.0. The Labute approximate surface area is 189 Å². The van der Waals surface area contributed by atoms with Gasteiger partial charge in [0.15, 0.2) is 0 Å². The third-order valence-corrected chi connectivity index (χ3v) is 6.47. The van der Waals surface area contributed by atoms with E-state index in [0.29, 0.717) is 27.6 Å². The molecule has 1 atom stereocenters. The molecule has 3 rings (SSSR count). The predicted octanol–water partition coefficient (Wildman–Crippen LogP) is 6.57. The topological polar surface area (TPSA) is 44.7 Å². The van der Waals surface area contributed by atoms with E-state index in [2.05, 4.69) is 69.1 Å². The fourth-order valence-corrected chi connectivity index (χ4v) is 4.89. The number of rotatable bonds is 4. The van der Waals surface area contributed by atoms with Gasteiger partial charge in [0, 0.05) is 22.8 Å². The number of hydrazone groups is 1. The summed E-state index contributed by atoms with van der Waals surface area (Å²) in [4.78, 5) is 14.8. The van der Waals surface area contributed by atoms with Gasteiger partial charge in [0.1, 0.15) is 0 Å². The van der Waals surface area contributed by atoms with E-state index in [9.17, 15) is 4.79 Å². The molecule has 0 saturated heterocycles. The summed E-state index contributed by atoms with van der Waals surface area (Å²) in [6.45, 7) is 13.5. The van der Waals surface area contributed by atoms with Gasteiger partial charge in [0.2, 0.25) is 0 Å². The summed E-state index contributed by atoms with van der Waals surface area (Å²) in [5.74, 6) is 0.116. The highest BCUT2D eigenvalue weighted by Crippen LogP contribution is 2.45. The molecule has 1 aliphatic heterocycles. The van der Waals surface area contributed by atoms with Crippen LogP contribution in [0.1, 0.15) is 74.0 Å². The van der Waals surface area contributed by atoms with E-state index in [0.717, 1.165) is 17.5 Å². The van der Waals surface area contributed by atoms with Gasteiger partial charge in [-0.15, -0.1) is 0 Å². The average molecular weight is 446 g/mol. The number of aryl methyl sites for hydroxylation is 1. The van der Waals surface area contributed by atoms with Crippen LogP contribution >= 0.6 is 23.2 Å². The molecule has 1 unspecified atom stereocenters. The number of carbonyl (C=O) groups excluding carboxylic acids is 1. The van der Waals surface area contributed by atoms with Crippen LogP contribution in [0.15, 0.2) is 35.4 Å². The zero-order valence-electron chi connectivity index (χ0n) is 18.4. The highest BCUT2D eigenvalue weighted by Gasteiger charge is 2.37. The highest BCUT2D eigenvalue weighted by molar-refractivity contribution is 6.42.